The van der Waals surface area contributed by atoms with Crippen LogP contribution < -0.4 is 4.74 Å². The largest absolute Gasteiger partial charge is 0.492 e. The van der Waals surface area contributed by atoms with E-state index in [1.165, 1.54) is 4.90 Å². The van der Waals surface area contributed by atoms with Crippen LogP contribution in [0.4, 0.5) is 0 Å². The molecule has 0 spiro atoms. The molecule has 0 amide bonds. The van der Waals surface area contributed by atoms with Crippen LogP contribution in [0.15, 0.2) is 53.4 Å². The van der Waals surface area contributed by atoms with Gasteiger partial charge in [-0.1, -0.05) is 30.3 Å². The SMILES string of the molecule is Cc1ccccc1OCCSc1ccc(C(=O)C2CC2)cc1. The maximum absolute atomic E-state index is 11.9. The molecule has 0 radical (unpaired) electrons. The van der Waals surface area contributed by atoms with Gasteiger partial charge in [-0.25, -0.2) is 0 Å². The second-order valence-electron chi connectivity index (χ2n) is 5.63. The van der Waals surface area contributed by atoms with Crippen LogP contribution in [0, 0.1) is 12.8 Å². The fourth-order valence-electron chi connectivity index (χ4n) is 2.33. The molecule has 3 heteroatoms. The highest BCUT2D eigenvalue weighted by atomic mass is 32.2. The number of carbonyl (C=O) groups excluding carboxylic acids is 1. The zero-order valence-electron chi connectivity index (χ0n) is 12.7. The summed E-state index contributed by atoms with van der Waals surface area (Å²) in [4.78, 5) is 13.1. The van der Waals surface area contributed by atoms with Crippen LogP contribution >= 0.6 is 11.8 Å². The fourth-order valence-corrected chi connectivity index (χ4v) is 3.06. The lowest BCUT2D eigenvalue weighted by molar-refractivity contribution is 0.0967. The van der Waals surface area contributed by atoms with E-state index in [1.54, 1.807) is 11.8 Å². The molecule has 22 heavy (non-hydrogen) atoms. The summed E-state index contributed by atoms with van der Waals surface area (Å²) in [6, 6.07) is 16.0. The quantitative estimate of drug-likeness (QED) is 0.419. The second-order valence-corrected chi connectivity index (χ2v) is 6.79. The van der Waals surface area contributed by atoms with Gasteiger partial charge in [0.25, 0.3) is 0 Å². The smallest absolute Gasteiger partial charge is 0.165 e. The first-order valence-electron chi connectivity index (χ1n) is 7.69. The van der Waals surface area contributed by atoms with Crippen molar-refractivity contribution in [3.05, 3.63) is 59.7 Å². The van der Waals surface area contributed by atoms with Crippen molar-refractivity contribution in [1.82, 2.24) is 0 Å². The summed E-state index contributed by atoms with van der Waals surface area (Å²) in [6.45, 7) is 2.73. The van der Waals surface area contributed by atoms with E-state index >= 15 is 0 Å². The highest BCUT2D eigenvalue weighted by Crippen LogP contribution is 2.33. The van der Waals surface area contributed by atoms with Crippen LogP contribution in [-0.2, 0) is 0 Å². The van der Waals surface area contributed by atoms with Gasteiger partial charge in [-0.05, 0) is 43.5 Å². The molecular weight excluding hydrogens is 292 g/mol. The van der Waals surface area contributed by atoms with Gasteiger partial charge < -0.3 is 4.74 Å². The molecular formula is C19H20O2S. The summed E-state index contributed by atoms with van der Waals surface area (Å²) in [5, 5.41) is 0. The van der Waals surface area contributed by atoms with Crippen molar-refractivity contribution in [1.29, 1.82) is 0 Å². The van der Waals surface area contributed by atoms with E-state index < -0.39 is 0 Å². The molecule has 0 bridgehead atoms. The summed E-state index contributed by atoms with van der Waals surface area (Å²) < 4.78 is 5.79. The third-order valence-corrected chi connectivity index (χ3v) is 4.77. The average Bonchev–Trinajstić information content (AvgIpc) is 3.38. The van der Waals surface area contributed by atoms with E-state index in [0.717, 1.165) is 35.5 Å². The number of rotatable bonds is 7. The number of hydrogen-bond donors (Lipinski definition) is 0. The Bertz CT molecular complexity index is 645. The van der Waals surface area contributed by atoms with Crippen molar-refractivity contribution < 1.29 is 9.53 Å². The van der Waals surface area contributed by atoms with Crippen LogP contribution in [0.2, 0.25) is 0 Å². The fraction of sp³-hybridized carbons (Fsp3) is 0.316. The zero-order chi connectivity index (χ0) is 15.4. The number of carbonyl (C=O) groups is 1. The molecule has 0 aliphatic heterocycles. The van der Waals surface area contributed by atoms with Gasteiger partial charge in [-0.15, -0.1) is 11.8 Å². The monoisotopic (exact) mass is 312 g/mol. The summed E-state index contributed by atoms with van der Waals surface area (Å²) in [6.07, 6.45) is 2.12. The van der Waals surface area contributed by atoms with Gasteiger partial charge in [0.05, 0.1) is 6.61 Å². The van der Waals surface area contributed by atoms with Crippen LogP contribution in [0.5, 0.6) is 5.75 Å². The molecule has 1 saturated carbocycles. The van der Waals surface area contributed by atoms with Gasteiger partial charge in [0.2, 0.25) is 0 Å². The Balaban J connectivity index is 1.45. The number of ether oxygens (including phenoxy) is 1. The third-order valence-electron chi connectivity index (χ3n) is 3.79. The molecule has 3 rings (SSSR count). The van der Waals surface area contributed by atoms with Gasteiger partial charge in [0, 0.05) is 22.1 Å². The number of aryl methyl sites for hydroxylation is 1. The van der Waals surface area contributed by atoms with Crippen LogP contribution in [0.25, 0.3) is 0 Å². The highest BCUT2D eigenvalue weighted by molar-refractivity contribution is 7.99. The minimum atomic E-state index is 0.293. The van der Waals surface area contributed by atoms with Crippen molar-refractivity contribution >= 4 is 17.5 Å². The van der Waals surface area contributed by atoms with Crippen LogP contribution in [0.3, 0.4) is 0 Å². The predicted octanol–water partition coefficient (Wildman–Crippen LogP) is 4.76. The van der Waals surface area contributed by atoms with E-state index in [2.05, 4.69) is 13.0 Å². The summed E-state index contributed by atoms with van der Waals surface area (Å²) in [5.74, 6) is 2.44. The standard InChI is InChI=1S/C19H20O2S/c1-14-4-2-3-5-18(14)21-12-13-22-17-10-8-16(9-11-17)19(20)15-6-7-15/h2-5,8-11,15H,6-7,12-13H2,1H3. The van der Waals surface area contributed by atoms with E-state index in [-0.39, 0.29) is 0 Å². The zero-order valence-corrected chi connectivity index (χ0v) is 13.6. The molecule has 1 fully saturated rings. The van der Waals surface area contributed by atoms with E-state index in [4.69, 9.17) is 4.74 Å². The average molecular weight is 312 g/mol. The molecule has 0 N–H and O–H groups in total. The predicted molar refractivity (Wildman–Crippen MR) is 90.9 cm³/mol. The third kappa shape index (κ3) is 3.92. The molecule has 0 atom stereocenters. The van der Waals surface area contributed by atoms with Gasteiger partial charge in [-0.3, -0.25) is 4.79 Å². The maximum Gasteiger partial charge on any atom is 0.165 e. The first-order chi connectivity index (χ1) is 10.7. The van der Waals surface area contributed by atoms with Gasteiger partial charge in [0.15, 0.2) is 5.78 Å². The lowest BCUT2D eigenvalue weighted by Crippen LogP contribution is -2.02. The van der Waals surface area contributed by atoms with E-state index in [1.807, 2.05) is 42.5 Å². The minimum absolute atomic E-state index is 0.293. The van der Waals surface area contributed by atoms with Crippen molar-refractivity contribution in [3.8, 4) is 5.75 Å². The number of para-hydroxylation sites is 1. The molecule has 0 saturated heterocycles. The van der Waals surface area contributed by atoms with Crippen molar-refractivity contribution in [2.24, 2.45) is 5.92 Å². The molecule has 2 aromatic rings. The molecule has 114 valence electrons. The molecule has 2 nitrogen and oxygen atoms in total. The molecule has 1 aliphatic rings. The van der Waals surface area contributed by atoms with E-state index in [9.17, 15) is 4.79 Å². The molecule has 0 aromatic heterocycles. The number of benzene rings is 2. The van der Waals surface area contributed by atoms with Crippen LogP contribution in [-0.4, -0.2) is 18.1 Å². The Morgan fingerprint density at radius 2 is 1.86 bits per heavy atom. The second kappa shape index (κ2) is 7.01. The lowest BCUT2D eigenvalue weighted by atomic mass is 10.1. The molecule has 0 unspecified atom stereocenters. The van der Waals surface area contributed by atoms with Crippen molar-refractivity contribution in [2.45, 2.75) is 24.7 Å². The Kier molecular flexibility index (Phi) is 4.84. The minimum Gasteiger partial charge on any atom is -0.492 e. The highest BCUT2D eigenvalue weighted by Gasteiger charge is 2.30. The normalized spacial score (nSPS) is 13.9. The molecule has 1 aliphatic carbocycles. The number of ketones is 1. The Labute approximate surface area is 135 Å². The number of thioether (sulfide) groups is 1. The van der Waals surface area contributed by atoms with Crippen molar-refractivity contribution in [3.63, 3.8) is 0 Å². The topological polar surface area (TPSA) is 26.3 Å². The Morgan fingerprint density at radius 1 is 1.14 bits per heavy atom. The van der Waals surface area contributed by atoms with Gasteiger partial charge >= 0.3 is 0 Å². The summed E-state index contributed by atoms with van der Waals surface area (Å²) in [7, 11) is 0. The first-order valence-corrected chi connectivity index (χ1v) is 8.68. The lowest BCUT2D eigenvalue weighted by Gasteiger charge is -2.08. The number of Topliss-reactive ketones (excluding diaryl/α,β-unsaturated/α-hetero) is 1. The Morgan fingerprint density at radius 3 is 2.55 bits per heavy atom. The summed E-state index contributed by atoms with van der Waals surface area (Å²) >= 11 is 1.75. The van der Waals surface area contributed by atoms with E-state index in [0.29, 0.717) is 18.3 Å². The van der Waals surface area contributed by atoms with Gasteiger partial charge in [0.1, 0.15) is 5.75 Å². The van der Waals surface area contributed by atoms with Gasteiger partial charge in [-0.2, -0.15) is 0 Å². The van der Waals surface area contributed by atoms with Crippen molar-refractivity contribution in [2.75, 3.05) is 12.4 Å². The first kappa shape index (κ1) is 15.2. The number of hydrogen-bond acceptors (Lipinski definition) is 3. The maximum atomic E-state index is 11.9. The van der Waals surface area contributed by atoms with Crippen LogP contribution in [0.1, 0.15) is 28.8 Å². The molecule has 2 aromatic carbocycles. The summed E-state index contributed by atoms with van der Waals surface area (Å²) in [5.41, 5.74) is 2.01. The Hall–Kier alpha value is -1.74. The molecule has 0 heterocycles.